The highest BCUT2D eigenvalue weighted by Crippen LogP contribution is 2.29. The lowest BCUT2D eigenvalue weighted by Crippen LogP contribution is -2.03. The summed E-state index contributed by atoms with van der Waals surface area (Å²) >= 11 is 5.75. The second-order valence-corrected chi connectivity index (χ2v) is 4.25. The van der Waals surface area contributed by atoms with Crippen molar-refractivity contribution in [2.45, 2.75) is 6.61 Å². The predicted octanol–water partition coefficient (Wildman–Crippen LogP) is 4.11. The van der Waals surface area contributed by atoms with Gasteiger partial charge in [-0.3, -0.25) is 10.1 Å². The van der Waals surface area contributed by atoms with Gasteiger partial charge in [-0.25, -0.2) is 4.39 Å². The molecule has 0 heterocycles. The highest BCUT2D eigenvalue weighted by atomic mass is 35.5. The fraction of sp³-hybridized carbons (Fsp3) is 0.0769. The summed E-state index contributed by atoms with van der Waals surface area (Å²) in [5, 5.41) is 10.6. The first kappa shape index (κ1) is 14.2. The third kappa shape index (κ3) is 2.85. The van der Waals surface area contributed by atoms with E-state index >= 15 is 0 Å². The molecule has 0 spiro atoms. The molecule has 0 saturated carbocycles. The lowest BCUT2D eigenvalue weighted by molar-refractivity contribution is -0.387. The van der Waals surface area contributed by atoms with E-state index in [0.29, 0.717) is 0 Å². The summed E-state index contributed by atoms with van der Waals surface area (Å²) in [4.78, 5) is 9.76. The molecule has 7 heteroatoms. The predicted molar refractivity (Wildman–Crippen MR) is 68.8 cm³/mol. The molecule has 0 aliphatic heterocycles. The minimum Gasteiger partial charge on any atom is -0.484 e. The van der Waals surface area contributed by atoms with Gasteiger partial charge in [0, 0.05) is 11.6 Å². The normalized spacial score (nSPS) is 10.3. The average molecular weight is 300 g/mol. The van der Waals surface area contributed by atoms with Gasteiger partial charge >= 0.3 is 5.69 Å². The number of para-hydroxylation sites is 1. The summed E-state index contributed by atoms with van der Waals surface area (Å²) in [5.74, 6) is -1.92. The van der Waals surface area contributed by atoms with Gasteiger partial charge in [0.15, 0.2) is 11.6 Å². The molecule has 0 saturated heterocycles. The first-order chi connectivity index (χ1) is 9.50. The van der Waals surface area contributed by atoms with Crippen molar-refractivity contribution in [1.29, 1.82) is 0 Å². The van der Waals surface area contributed by atoms with Crippen molar-refractivity contribution in [2.24, 2.45) is 0 Å². The van der Waals surface area contributed by atoms with Gasteiger partial charge in [0.1, 0.15) is 6.61 Å². The molecule has 0 aliphatic carbocycles. The molecule has 0 aliphatic rings. The zero-order chi connectivity index (χ0) is 14.7. The number of rotatable bonds is 4. The molecule has 0 fully saturated rings. The summed E-state index contributed by atoms with van der Waals surface area (Å²) in [5.41, 5.74) is -0.718. The maximum absolute atomic E-state index is 13.8. The number of nitro groups is 1. The van der Waals surface area contributed by atoms with Gasteiger partial charge in [-0.05, 0) is 12.1 Å². The van der Waals surface area contributed by atoms with Crippen molar-refractivity contribution in [3.05, 3.63) is 68.7 Å². The number of benzene rings is 2. The summed E-state index contributed by atoms with van der Waals surface area (Å²) in [6.45, 7) is -0.367. The van der Waals surface area contributed by atoms with Crippen molar-refractivity contribution in [3.63, 3.8) is 0 Å². The number of hydrogen-bond donors (Lipinski definition) is 0. The Hall–Kier alpha value is -2.21. The first-order valence-corrected chi connectivity index (χ1v) is 5.87. The molecule has 4 nitrogen and oxygen atoms in total. The summed E-state index contributed by atoms with van der Waals surface area (Å²) < 4.78 is 32.3. The van der Waals surface area contributed by atoms with E-state index in [9.17, 15) is 18.9 Å². The smallest absolute Gasteiger partial charge is 0.305 e. The van der Waals surface area contributed by atoms with Crippen LogP contribution in [0.5, 0.6) is 5.75 Å². The molecule has 0 unspecified atom stereocenters. The molecule has 2 rings (SSSR count). The molecule has 20 heavy (non-hydrogen) atoms. The Balaban J connectivity index is 2.24. The van der Waals surface area contributed by atoms with Crippen molar-refractivity contribution in [3.8, 4) is 5.75 Å². The van der Waals surface area contributed by atoms with Crippen LogP contribution in [0.3, 0.4) is 0 Å². The van der Waals surface area contributed by atoms with Gasteiger partial charge in [0.05, 0.1) is 9.95 Å². The van der Waals surface area contributed by atoms with Crippen LogP contribution in [0.25, 0.3) is 0 Å². The molecule has 0 N–H and O–H groups in total. The zero-order valence-electron chi connectivity index (χ0n) is 9.98. The minimum absolute atomic E-state index is 0.0378. The molecule has 2 aromatic carbocycles. The van der Waals surface area contributed by atoms with Crippen LogP contribution in [-0.4, -0.2) is 4.92 Å². The Morgan fingerprint density at radius 2 is 1.90 bits per heavy atom. The third-order valence-corrected chi connectivity index (χ3v) is 2.84. The van der Waals surface area contributed by atoms with Crippen LogP contribution < -0.4 is 4.74 Å². The van der Waals surface area contributed by atoms with E-state index in [1.54, 1.807) is 0 Å². The van der Waals surface area contributed by atoms with E-state index in [2.05, 4.69) is 0 Å². The second kappa shape index (κ2) is 5.83. The molecular formula is C13H8ClF2NO3. The quantitative estimate of drug-likeness (QED) is 0.630. The Kier molecular flexibility index (Phi) is 4.14. The van der Waals surface area contributed by atoms with Crippen LogP contribution in [0.2, 0.25) is 5.02 Å². The largest absolute Gasteiger partial charge is 0.484 e. The highest BCUT2D eigenvalue weighted by Gasteiger charge is 2.18. The molecule has 0 amide bonds. The van der Waals surface area contributed by atoms with Gasteiger partial charge in [0.2, 0.25) is 5.82 Å². The Labute approximate surface area is 117 Å². The second-order valence-electron chi connectivity index (χ2n) is 3.85. The zero-order valence-corrected chi connectivity index (χ0v) is 10.7. The van der Waals surface area contributed by atoms with Crippen LogP contribution in [-0.2, 0) is 6.61 Å². The fourth-order valence-corrected chi connectivity index (χ4v) is 1.81. The average Bonchev–Trinajstić information content (AvgIpc) is 2.39. The van der Waals surface area contributed by atoms with Gasteiger partial charge in [-0.1, -0.05) is 29.8 Å². The fourth-order valence-electron chi connectivity index (χ4n) is 1.59. The standard InChI is InChI=1S/C13H8ClF2NO3/c14-9-4-2-5-10(15)13(9)20-7-8-3-1-6-11(12(8)16)17(18)19/h1-6H,7H2. The summed E-state index contributed by atoms with van der Waals surface area (Å²) in [6, 6.07) is 7.64. The van der Waals surface area contributed by atoms with Crippen LogP contribution in [0, 0.1) is 21.7 Å². The van der Waals surface area contributed by atoms with Crippen LogP contribution in [0.15, 0.2) is 36.4 Å². The molecule has 0 radical (unpaired) electrons. The van der Waals surface area contributed by atoms with Crippen molar-refractivity contribution >= 4 is 17.3 Å². The summed E-state index contributed by atoms with van der Waals surface area (Å²) in [7, 11) is 0. The minimum atomic E-state index is -1.01. The molecule has 2 aromatic rings. The van der Waals surface area contributed by atoms with Crippen LogP contribution in [0.1, 0.15) is 5.56 Å². The Morgan fingerprint density at radius 3 is 2.55 bits per heavy atom. The Morgan fingerprint density at radius 1 is 1.20 bits per heavy atom. The van der Waals surface area contributed by atoms with Crippen molar-refractivity contribution in [2.75, 3.05) is 0 Å². The number of hydrogen-bond acceptors (Lipinski definition) is 3. The third-order valence-electron chi connectivity index (χ3n) is 2.55. The number of nitrogens with zero attached hydrogens (tertiary/aromatic N) is 1. The lowest BCUT2D eigenvalue weighted by atomic mass is 10.2. The number of ether oxygens (including phenoxy) is 1. The van der Waals surface area contributed by atoms with Crippen LogP contribution in [0.4, 0.5) is 14.5 Å². The van der Waals surface area contributed by atoms with E-state index in [-0.39, 0.29) is 22.9 Å². The lowest BCUT2D eigenvalue weighted by Gasteiger charge is -2.09. The van der Waals surface area contributed by atoms with E-state index in [0.717, 1.165) is 12.1 Å². The molecule has 104 valence electrons. The number of nitro benzene ring substituents is 1. The topological polar surface area (TPSA) is 52.4 Å². The van der Waals surface area contributed by atoms with E-state index in [4.69, 9.17) is 16.3 Å². The molecule has 0 atom stereocenters. The molecular weight excluding hydrogens is 292 g/mol. The Bertz CT molecular complexity index is 644. The van der Waals surface area contributed by atoms with Gasteiger partial charge in [-0.15, -0.1) is 0 Å². The van der Waals surface area contributed by atoms with Crippen molar-refractivity contribution < 1.29 is 18.4 Å². The van der Waals surface area contributed by atoms with E-state index in [1.165, 1.54) is 24.3 Å². The van der Waals surface area contributed by atoms with Crippen molar-refractivity contribution in [1.82, 2.24) is 0 Å². The maximum atomic E-state index is 13.8. The van der Waals surface area contributed by atoms with Gasteiger partial charge in [0.25, 0.3) is 0 Å². The molecule has 0 aromatic heterocycles. The SMILES string of the molecule is O=[N+]([O-])c1cccc(COc2c(F)cccc2Cl)c1F. The highest BCUT2D eigenvalue weighted by molar-refractivity contribution is 6.32. The van der Waals surface area contributed by atoms with E-state index in [1.807, 2.05) is 0 Å². The summed E-state index contributed by atoms with van der Waals surface area (Å²) in [6.07, 6.45) is 0. The maximum Gasteiger partial charge on any atom is 0.305 e. The monoisotopic (exact) mass is 299 g/mol. The van der Waals surface area contributed by atoms with E-state index < -0.39 is 22.2 Å². The molecule has 0 bridgehead atoms. The van der Waals surface area contributed by atoms with Crippen LogP contribution >= 0.6 is 11.6 Å². The van der Waals surface area contributed by atoms with Gasteiger partial charge in [-0.2, -0.15) is 4.39 Å². The van der Waals surface area contributed by atoms with Gasteiger partial charge < -0.3 is 4.74 Å². The first-order valence-electron chi connectivity index (χ1n) is 5.49. The number of halogens is 3.